The second-order valence-corrected chi connectivity index (χ2v) is 8.85. The van der Waals surface area contributed by atoms with Crippen LogP contribution < -0.4 is 10.6 Å². The molecule has 0 radical (unpaired) electrons. The molecule has 8 heteroatoms. The zero-order valence-electron chi connectivity index (χ0n) is 20.3. The third kappa shape index (κ3) is 4.76. The lowest BCUT2D eigenvalue weighted by atomic mass is 9.98. The van der Waals surface area contributed by atoms with Crippen molar-refractivity contribution in [2.45, 2.75) is 39.2 Å². The Hall–Kier alpha value is -4.30. The van der Waals surface area contributed by atoms with Crippen LogP contribution in [-0.2, 0) is 6.42 Å². The first kappa shape index (κ1) is 23.4. The average Bonchev–Trinajstić information content (AvgIpc) is 3.11. The Morgan fingerprint density at radius 1 is 1.06 bits per heavy atom. The van der Waals surface area contributed by atoms with Crippen molar-refractivity contribution in [3.63, 3.8) is 0 Å². The number of amides is 2. The summed E-state index contributed by atoms with van der Waals surface area (Å²) in [4.78, 5) is 21.7. The van der Waals surface area contributed by atoms with Crippen molar-refractivity contribution in [1.29, 1.82) is 0 Å². The van der Waals surface area contributed by atoms with Crippen LogP contribution in [-0.4, -0.2) is 37.0 Å². The highest BCUT2D eigenvalue weighted by molar-refractivity contribution is 5.92. The molecular formula is C28H28N6O2. The number of aryl methyl sites for hydroxylation is 2. The number of aliphatic hydroxyl groups excluding tert-OH is 1. The Bertz CT molecular complexity index is 1410. The van der Waals surface area contributed by atoms with Crippen molar-refractivity contribution in [3.8, 4) is 16.9 Å². The van der Waals surface area contributed by atoms with Gasteiger partial charge < -0.3 is 10.4 Å². The molecule has 0 saturated heterocycles. The second-order valence-electron chi connectivity index (χ2n) is 8.85. The number of hydrogen-bond donors (Lipinski definition) is 3. The predicted octanol–water partition coefficient (Wildman–Crippen LogP) is 4.81. The SMILES string of the molecule is Cc1ncc(-c2nn(-c3ccccc3)c(NC(=O)N/C=C3\c4ccccc4CCCC3O)c2C)cn1. The molecular weight excluding hydrogens is 452 g/mol. The van der Waals surface area contributed by atoms with Crippen molar-refractivity contribution >= 4 is 17.4 Å². The number of anilines is 1. The van der Waals surface area contributed by atoms with Crippen molar-refractivity contribution in [3.05, 3.63) is 95.7 Å². The van der Waals surface area contributed by atoms with E-state index in [1.807, 2.05) is 62.4 Å². The zero-order chi connectivity index (χ0) is 25.1. The molecule has 2 heterocycles. The second kappa shape index (κ2) is 10.1. The number of carbonyl (C=O) groups is 1. The molecule has 0 spiro atoms. The number of urea groups is 1. The minimum absolute atomic E-state index is 0.427. The standard InChI is InChI=1S/C28H28N6O2/c1-18-26(21-15-29-19(2)30-16-21)33-34(22-11-4-3-5-12-22)27(18)32-28(36)31-17-24-23-13-7-6-9-20(23)10-8-14-25(24)35/h3-7,9,11-13,15-17,25,35H,8,10,14H2,1-2H3,(H2,31,32,36)/b24-17+. The first-order valence-corrected chi connectivity index (χ1v) is 12.0. The molecule has 1 unspecified atom stereocenters. The lowest BCUT2D eigenvalue weighted by molar-refractivity contribution is 0.220. The summed E-state index contributed by atoms with van der Waals surface area (Å²) in [6.45, 7) is 3.73. The third-order valence-electron chi connectivity index (χ3n) is 6.38. The molecule has 0 fully saturated rings. The fourth-order valence-corrected chi connectivity index (χ4v) is 4.49. The molecule has 36 heavy (non-hydrogen) atoms. The molecule has 1 aliphatic rings. The highest BCUT2D eigenvalue weighted by Crippen LogP contribution is 2.31. The van der Waals surface area contributed by atoms with Crippen molar-refractivity contribution in [2.24, 2.45) is 0 Å². The van der Waals surface area contributed by atoms with Gasteiger partial charge in [-0.3, -0.25) is 5.32 Å². The lowest BCUT2D eigenvalue weighted by Crippen LogP contribution is -2.27. The number of fused-ring (bicyclic) bond motifs is 1. The largest absolute Gasteiger partial charge is 0.388 e. The Labute approximate surface area is 209 Å². The van der Waals surface area contributed by atoms with Gasteiger partial charge in [0.25, 0.3) is 0 Å². The number of para-hydroxylation sites is 1. The van der Waals surface area contributed by atoms with E-state index in [9.17, 15) is 9.90 Å². The summed E-state index contributed by atoms with van der Waals surface area (Å²) >= 11 is 0. The van der Waals surface area contributed by atoms with Gasteiger partial charge in [-0.2, -0.15) is 5.10 Å². The molecule has 0 saturated carbocycles. The van der Waals surface area contributed by atoms with Gasteiger partial charge in [-0.25, -0.2) is 19.4 Å². The Morgan fingerprint density at radius 3 is 2.56 bits per heavy atom. The molecule has 8 nitrogen and oxygen atoms in total. The number of carbonyl (C=O) groups excluding carboxylic acids is 1. The summed E-state index contributed by atoms with van der Waals surface area (Å²) in [7, 11) is 0. The summed E-state index contributed by atoms with van der Waals surface area (Å²) in [6, 6.07) is 17.2. The lowest BCUT2D eigenvalue weighted by Gasteiger charge is -2.15. The number of nitrogens with one attached hydrogen (secondary N) is 2. The van der Waals surface area contributed by atoms with Crippen LogP contribution in [0.1, 0.15) is 35.4 Å². The van der Waals surface area contributed by atoms with Crippen molar-refractivity contribution in [1.82, 2.24) is 25.1 Å². The molecule has 1 atom stereocenters. The number of aliphatic hydroxyl groups is 1. The van der Waals surface area contributed by atoms with Crippen LogP contribution in [0.5, 0.6) is 0 Å². The van der Waals surface area contributed by atoms with Gasteiger partial charge in [-0.1, -0.05) is 42.5 Å². The predicted molar refractivity (Wildman–Crippen MR) is 140 cm³/mol. The maximum Gasteiger partial charge on any atom is 0.324 e. The molecule has 2 amide bonds. The van der Waals surface area contributed by atoms with Gasteiger partial charge in [-0.05, 0) is 56.4 Å². The van der Waals surface area contributed by atoms with Gasteiger partial charge in [0.2, 0.25) is 0 Å². The summed E-state index contributed by atoms with van der Waals surface area (Å²) in [5.74, 6) is 1.21. The summed E-state index contributed by atoms with van der Waals surface area (Å²) in [6.07, 6.45) is 6.86. The Kier molecular flexibility index (Phi) is 6.60. The van der Waals surface area contributed by atoms with E-state index in [0.717, 1.165) is 35.2 Å². The number of nitrogens with zero attached hydrogens (tertiary/aromatic N) is 4. The van der Waals surface area contributed by atoms with Crippen LogP contribution in [0, 0.1) is 13.8 Å². The average molecular weight is 481 g/mol. The smallest absolute Gasteiger partial charge is 0.324 e. The summed E-state index contributed by atoms with van der Waals surface area (Å²) in [5, 5.41) is 21.3. The molecule has 2 aromatic heterocycles. The highest BCUT2D eigenvalue weighted by atomic mass is 16.3. The molecule has 5 rings (SSSR count). The van der Waals surface area contributed by atoms with Gasteiger partial charge in [0.05, 0.1) is 11.8 Å². The van der Waals surface area contributed by atoms with E-state index < -0.39 is 12.1 Å². The van der Waals surface area contributed by atoms with Gasteiger partial charge in [-0.15, -0.1) is 0 Å². The fraction of sp³-hybridized carbons (Fsp3) is 0.214. The molecule has 182 valence electrons. The highest BCUT2D eigenvalue weighted by Gasteiger charge is 2.22. The maximum absolute atomic E-state index is 13.1. The van der Waals surface area contributed by atoms with E-state index in [-0.39, 0.29) is 0 Å². The van der Waals surface area contributed by atoms with Crippen molar-refractivity contribution < 1.29 is 9.90 Å². The Morgan fingerprint density at radius 2 is 1.78 bits per heavy atom. The van der Waals surface area contributed by atoms with E-state index in [1.54, 1.807) is 23.3 Å². The van der Waals surface area contributed by atoms with E-state index in [0.29, 0.717) is 29.3 Å². The number of aromatic nitrogens is 4. The van der Waals surface area contributed by atoms with Gasteiger partial charge in [0.15, 0.2) is 0 Å². The minimum Gasteiger partial charge on any atom is -0.388 e. The molecule has 3 N–H and O–H groups in total. The maximum atomic E-state index is 13.1. The van der Waals surface area contributed by atoms with E-state index in [4.69, 9.17) is 5.10 Å². The number of benzene rings is 2. The normalized spacial score (nSPS) is 16.3. The van der Waals surface area contributed by atoms with Gasteiger partial charge >= 0.3 is 6.03 Å². The molecule has 0 aliphatic heterocycles. The molecule has 2 aromatic carbocycles. The minimum atomic E-state index is -0.640. The van der Waals surface area contributed by atoms with Gasteiger partial charge in [0.1, 0.15) is 17.3 Å². The Balaban J connectivity index is 1.46. The monoisotopic (exact) mass is 480 g/mol. The fourth-order valence-electron chi connectivity index (χ4n) is 4.49. The van der Waals surface area contributed by atoms with Crippen LogP contribution in [0.2, 0.25) is 0 Å². The van der Waals surface area contributed by atoms with E-state index in [1.165, 1.54) is 5.56 Å². The van der Waals surface area contributed by atoms with E-state index >= 15 is 0 Å². The molecule has 4 aromatic rings. The first-order valence-electron chi connectivity index (χ1n) is 12.0. The summed E-state index contributed by atoms with van der Waals surface area (Å²) < 4.78 is 1.70. The van der Waals surface area contributed by atoms with Crippen LogP contribution in [0.3, 0.4) is 0 Å². The molecule has 0 bridgehead atoms. The molecule has 1 aliphatic carbocycles. The van der Waals surface area contributed by atoms with Crippen LogP contribution >= 0.6 is 0 Å². The van der Waals surface area contributed by atoms with Crippen LogP contribution in [0.25, 0.3) is 22.5 Å². The van der Waals surface area contributed by atoms with Gasteiger partial charge in [0, 0.05) is 35.3 Å². The van der Waals surface area contributed by atoms with Crippen LogP contribution in [0.15, 0.2) is 73.2 Å². The van der Waals surface area contributed by atoms with Crippen LogP contribution in [0.4, 0.5) is 10.6 Å². The van der Waals surface area contributed by atoms with Crippen molar-refractivity contribution in [2.75, 3.05) is 5.32 Å². The van der Waals surface area contributed by atoms with E-state index in [2.05, 4.69) is 26.7 Å². The topological polar surface area (TPSA) is 105 Å². The quantitative estimate of drug-likeness (QED) is 0.364. The third-order valence-corrected chi connectivity index (χ3v) is 6.38. The number of hydrogen-bond acceptors (Lipinski definition) is 5. The first-order chi connectivity index (χ1) is 17.5. The zero-order valence-corrected chi connectivity index (χ0v) is 20.3. The number of rotatable bonds is 4. The summed E-state index contributed by atoms with van der Waals surface area (Å²) in [5.41, 5.74) is 5.89.